The summed E-state index contributed by atoms with van der Waals surface area (Å²) in [4.78, 5) is 10.7. The van der Waals surface area contributed by atoms with Gasteiger partial charge in [0.05, 0.1) is 16.8 Å². The zero-order valence-corrected chi connectivity index (χ0v) is 9.92. The predicted octanol–water partition coefficient (Wildman–Crippen LogP) is 1.84. The summed E-state index contributed by atoms with van der Waals surface area (Å²) in [7, 11) is 0. The molecule has 2 aromatic rings. The van der Waals surface area contributed by atoms with Gasteiger partial charge >= 0.3 is 5.97 Å². The fourth-order valence-electron chi connectivity index (χ4n) is 1.46. The Morgan fingerprint density at radius 3 is 2.94 bits per heavy atom. The topological polar surface area (TPSA) is 68.2 Å². The molecule has 0 aliphatic rings. The quantitative estimate of drug-likeness (QED) is 0.820. The van der Waals surface area contributed by atoms with Crippen LogP contribution in [0.25, 0.3) is 10.2 Å². The van der Waals surface area contributed by atoms with Gasteiger partial charge < -0.3 is 15.4 Å². The van der Waals surface area contributed by atoms with E-state index in [9.17, 15) is 4.79 Å². The van der Waals surface area contributed by atoms with Gasteiger partial charge in [-0.25, -0.2) is 0 Å². The largest absolute Gasteiger partial charge is 0.480 e. The standard InChI is InChI=1S/C10H10N2O2S2/c11-6(9(13)14)5-12-7-3-1-2-4-8(7)16-10(12)15/h1-4,6H,5,11H2,(H,13,14)/t6-/m0/s1. The molecule has 0 saturated carbocycles. The first-order valence-corrected chi connectivity index (χ1v) is 5.89. The number of aromatic nitrogens is 1. The Morgan fingerprint density at radius 2 is 2.25 bits per heavy atom. The third kappa shape index (κ3) is 1.99. The molecule has 0 bridgehead atoms. The monoisotopic (exact) mass is 254 g/mol. The van der Waals surface area contributed by atoms with Crippen LogP contribution < -0.4 is 5.73 Å². The van der Waals surface area contributed by atoms with E-state index >= 15 is 0 Å². The number of carboxylic acid groups (broad SMARTS) is 1. The highest BCUT2D eigenvalue weighted by molar-refractivity contribution is 7.73. The van der Waals surface area contributed by atoms with Crippen LogP contribution in [0.3, 0.4) is 0 Å². The number of nitrogens with zero attached hydrogens (tertiary/aromatic N) is 1. The van der Waals surface area contributed by atoms with Gasteiger partial charge in [-0.2, -0.15) is 0 Å². The molecule has 0 fully saturated rings. The molecule has 84 valence electrons. The van der Waals surface area contributed by atoms with E-state index < -0.39 is 12.0 Å². The Hall–Kier alpha value is -1.24. The Balaban J connectivity index is 2.48. The van der Waals surface area contributed by atoms with Gasteiger partial charge in [0, 0.05) is 0 Å². The van der Waals surface area contributed by atoms with E-state index in [1.54, 1.807) is 4.57 Å². The van der Waals surface area contributed by atoms with Gasteiger partial charge in [0.25, 0.3) is 0 Å². The van der Waals surface area contributed by atoms with Crippen LogP contribution in [-0.4, -0.2) is 21.7 Å². The number of aliphatic carboxylic acids is 1. The minimum absolute atomic E-state index is 0.207. The molecule has 0 amide bonds. The van der Waals surface area contributed by atoms with Crippen molar-refractivity contribution in [1.82, 2.24) is 4.57 Å². The van der Waals surface area contributed by atoms with E-state index in [4.69, 9.17) is 23.1 Å². The lowest BCUT2D eigenvalue weighted by Crippen LogP contribution is -2.34. The molecular formula is C10H10N2O2S2. The summed E-state index contributed by atoms with van der Waals surface area (Å²) in [6, 6.07) is 6.76. The Labute approximate surface area is 101 Å². The van der Waals surface area contributed by atoms with E-state index in [0.29, 0.717) is 3.95 Å². The number of carboxylic acids is 1. The van der Waals surface area contributed by atoms with Gasteiger partial charge in [0.15, 0.2) is 3.95 Å². The Morgan fingerprint density at radius 1 is 1.56 bits per heavy atom. The van der Waals surface area contributed by atoms with Crippen LogP contribution in [0.4, 0.5) is 0 Å². The highest BCUT2D eigenvalue weighted by Crippen LogP contribution is 2.22. The molecule has 0 spiro atoms. The number of para-hydroxylation sites is 1. The zero-order chi connectivity index (χ0) is 11.7. The molecule has 6 heteroatoms. The molecule has 0 saturated heterocycles. The molecule has 0 radical (unpaired) electrons. The third-order valence-corrected chi connectivity index (χ3v) is 3.70. The molecular weight excluding hydrogens is 244 g/mol. The number of rotatable bonds is 3. The lowest BCUT2D eigenvalue weighted by Gasteiger charge is -2.08. The number of hydrogen-bond donors (Lipinski definition) is 2. The summed E-state index contributed by atoms with van der Waals surface area (Å²) in [6.45, 7) is 0.207. The lowest BCUT2D eigenvalue weighted by molar-refractivity contribution is -0.138. The summed E-state index contributed by atoms with van der Waals surface area (Å²) in [5.74, 6) is -1.02. The maximum absolute atomic E-state index is 10.7. The van der Waals surface area contributed by atoms with Crippen molar-refractivity contribution in [2.24, 2.45) is 5.73 Å². The molecule has 16 heavy (non-hydrogen) atoms. The van der Waals surface area contributed by atoms with Crippen molar-refractivity contribution in [2.45, 2.75) is 12.6 Å². The van der Waals surface area contributed by atoms with Crippen molar-refractivity contribution in [1.29, 1.82) is 0 Å². The van der Waals surface area contributed by atoms with Gasteiger partial charge in [-0.3, -0.25) is 4.79 Å². The summed E-state index contributed by atoms with van der Waals surface area (Å²) < 4.78 is 3.47. The van der Waals surface area contributed by atoms with Crippen molar-refractivity contribution in [3.05, 3.63) is 28.2 Å². The minimum atomic E-state index is -1.02. The minimum Gasteiger partial charge on any atom is -0.480 e. The molecule has 2 rings (SSSR count). The first-order valence-electron chi connectivity index (χ1n) is 4.66. The summed E-state index contributed by atoms with van der Waals surface area (Å²) in [6.07, 6.45) is 0. The predicted molar refractivity (Wildman–Crippen MR) is 66.3 cm³/mol. The number of benzene rings is 1. The van der Waals surface area contributed by atoms with Crippen molar-refractivity contribution >= 4 is 39.7 Å². The first kappa shape index (κ1) is 11.3. The van der Waals surface area contributed by atoms with E-state index in [-0.39, 0.29) is 6.54 Å². The van der Waals surface area contributed by atoms with Gasteiger partial charge in [-0.1, -0.05) is 12.1 Å². The van der Waals surface area contributed by atoms with Crippen molar-refractivity contribution in [3.63, 3.8) is 0 Å². The highest BCUT2D eigenvalue weighted by Gasteiger charge is 2.14. The average Bonchev–Trinajstić information content (AvgIpc) is 2.55. The van der Waals surface area contributed by atoms with Crippen molar-refractivity contribution in [2.75, 3.05) is 0 Å². The smallest absolute Gasteiger partial charge is 0.322 e. The fraction of sp³-hybridized carbons (Fsp3) is 0.200. The summed E-state index contributed by atoms with van der Waals surface area (Å²) >= 11 is 6.65. The molecule has 1 aromatic carbocycles. The van der Waals surface area contributed by atoms with E-state index in [1.165, 1.54) is 11.3 Å². The number of thiazole rings is 1. The third-order valence-electron chi connectivity index (χ3n) is 2.27. The van der Waals surface area contributed by atoms with Gasteiger partial charge in [-0.05, 0) is 24.4 Å². The lowest BCUT2D eigenvalue weighted by atomic mass is 10.3. The number of carbonyl (C=O) groups is 1. The van der Waals surface area contributed by atoms with Crippen LogP contribution in [0.2, 0.25) is 0 Å². The molecule has 1 aromatic heterocycles. The maximum atomic E-state index is 10.7. The van der Waals surface area contributed by atoms with Crippen LogP contribution in [0.1, 0.15) is 0 Å². The normalized spacial score (nSPS) is 12.8. The number of fused-ring (bicyclic) bond motifs is 1. The number of nitrogens with two attached hydrogens (primary N) is 1. The average molecular weight is 254 g/mol. The van der Waals surface area contributed by atoms with Gasteiger partial charge in [-0.15, -0.1) is 11.3 Å². The zero-order valence-electron chi connectivity index (χ0n) is 8.29. The molecule has 0 aliphatic carbocycles. The molecule has 3 N–H and O–H groups in total. The summed E-state index contributed by atoms with van der Waals surface area (Å²) in [5.41, 5.74) is 6.44. The molecule has 1 atom stereocenters. The second kappa shape index (κ2) is 4.32. The number of hydrogen-bond acceptors (Lipinski definition) is 4. The Bertz CT molecular complexity index is 588. The summed E-state index contributed by atoms with van der Waals surface area (Å²) in [5, 5.41) is 8.77. The highest BCUT2D eigenvalue weighted by atomic mass is 32.1. The Kier molecular flexibility index (Phi) is 3.04. The maximum Gasteiger partial charge on any atom is 0.322 e. The van der Waals surface area contributed by atoms with Crippen molar-refractivity contribution < 1.29 is 9.90 Å². The van der Waals surface area contributed by atoms with Gasteiger partial charge in [0.1, 0.15) is 6.04 Å². The van der Waals surface area contributed by atoms with Gasteiger partial charge in [0.2, 0.25) is 0 Å². The van der Waals surface area contributed by atoms with Crippen LogP contribution in [0, 0.1) is 3.95 Å². The molecule has 1 heterocycles. The van der Waals surface area contributed by atoms with E-state index in [0.717, 1.165) is 10.2 Å². The first-order chi connectivity index (χ1) is 7.59. The fourth-order valence-corrected chi connectivity index (χ4v) is 2.80. The van der Waals surface area contributed by atoms with Crippen molar-refractivity contribution in [3.8, 4) is 0 Å². The van der Waals surface area contributed by atoms with Crippen LogP contribution in [-0.2, 0) is 11.3 Å². The van der Waals surface area contributed by atoms with Crippen LogP contribution in [0.15, 0.2) is 24.3 Å². The second-order valence-corrected chi connectivity index (χ2v) is 5.07. The van der Waals surface area contributed by atoms with Crippen LogP contribution >= 0.6 is 23.6 Å². The molecule has 4 nitrogen and oxygen atoms in total. The molecule has 0 aliphatic heterocycles. The SMILES string of the molecule is N[C@@H](Cn1c(=S)sc2ccccc21)C(=O)O. The van der Waals surface area contributed by atoms with E-state index in [1.807, 2.05) is 24.3 Å². The second-order valence-electron chi connectivity index (χ2n) is 3.39. The van der Waals surface area contributed by atoms with Crippen LogP contribution in [0.5, 0.6) is 0 Å². The van der Waals surface area contributed by atoms with E-state index in [2.05, 4.69) is 0 Å². The molecule has 0 unspecified atom stereocenters.